The van der Waals surface area contributed by atoms with Crippen molar-refractivity contribution in [3.63, 3.8) is 0 Å². The van der Waals surface area contributed by atoms with E-state index in [1.165, 1.54) is 44.9 Å². The van der Waals surface area contributed by atoms with Crippen molar-refractivity contribution in [1.29, 1.82) is 0 Å². The van der Waals surface area contributed by atoms with E-state index in [0.717, 1.165) is 29.6 Å². The molecule has 0 heteroatoms. The zero-order chi connectivity index (χ0) is 15.8. The van der Waals surface area contributed by atoms with Gasteiger partial charge in [-0.1, -0.05) is 61.3 Å². The van der Waals surface area contributed by atoms with Gasteiger partial charge in [0.1, 0.15) is 0 Å². The molecule has 0 amide bonds. The predicted molar refractivity (Wildman–Crippen MR) is 94.4 cm³/mol. The summed E-state index contributed by atoms with van der Waals surface area (Å²) in [5.74, 6) is 4.80. The summed E-state index contributed by atoms with van der Waals surface area (Å²) in [6.07, 6.45) is 10.1. The molecule has 0 aromatic heterocycles. The second-order valence-electron chi connectivity index (χ2n) is 9.50. The summed E-state index contributed by atoms with van der Waals surface area (Å²) in [5, 5.41) is 0. The molecular formula is C21H40. The topological polar surface area (TPSA) is 0 Å². The van der Waals surface area contributed by atoms with Crippen LogP contribution in [0.2, 0.25) is 0 Å². The molecule has 5 unspecified atom stereocenters. The summed E-state index contributed by atoms with van der Waals surface area (Å²) in [6.45, 7) is 17.5. The van der Waals surface area contributed by atoms with Gasteiger partial charge in [0, 0.05) is 0 Å². The normalized spacial score (nSPS) is 40.6. The Kier molecular flexibility index (Phi) is 5.16. The predicted octanol–water partition coefficient (Wildman–Crippen LogP) is 6.94. The molecule has 21 heavy (non-hydrogen) atoms. The second kappa shape index (κ2) is 6.25. The highest BCUT2D eigenvalue weighted by Crippen LogP contribution is 2.63. The molecule has 0 aromatic carbocycles. The van der Waals surface area contributed by atoms with E-state index in [0.29, 0.717) is 10.8 Å². The fraction of sp³-hybridized carbons (Fsp3) is 1.00. The van der Waals surface area contributed by atoms with Gasteiger partial charge in [0.05, 0.1) is 0 Å². The highest BCUT2D eigenvalue weighted by atomic mass is 14.6. The molecule has 0 nitrogen and oxygen atoms in total. The van der Waals surface area contributed by atoms with Crippen molar-refractivity contribution in [1.82, 2.24) is 0 Å². The fourth-order valence-electron chi connectivity index (χ4n) is 6.79. The maximum atomic E-state index is 2.65. The zero-order valence-corrected chi connectivity index (χ0v) is 15.8. The minimum absolute atomic E-state index is 0.548. The van der Waals surface area contributed by atoms with Gasteiger partial charge in [-0.25, -0.2) is 0 Å². The quantitative estimate of drug-likeness (QED) is 0.515. The third-order valence-corrected chi connectivity index (χ3v) is 7.68. The molecule has 0 spiro atoms. The number of hydrogen-bond donors (Lipinski definition) is 0. The van der Waals surface area contributed by atoms with E-state index in [1.807, 2.05) is 0 Å². The van der Waals surface area contributed by atoms with Crippen LogP contribution in [0.5, 0.6) is 0 Å². The van der Waals surface area contributed by atoms with Crippen molar-refractivity contribution in [2.45, 2.75) is 93.4 Å². The molecule has 2 saturated carbocycles. The van der Waals surface area contributed by atoms with E-state index in [4.69, 9.17) is 0 Å². The zero-order valence-electron chi connectivity index (χ0n) is 15.8. The number of rotatable bonds is 5. The van der Waals surface area contributed by atoms with Crippen LogP contribution in [0.4, 0.5) is 0 Å². The van der Waals surface area contributed by atoms with E-state index in [-0.39, 0.29) is 0 Å². The van der Waals surface area contributed by atoms with Crippen LogP contribution in [-0.2, 0) is 0 Å². The lowest BCUT2D eigenvalue weighted by Crippen LogP contribution is -2.46. The van der Waals surface area contributed by atoms with Gasteiger partial charge >= 0.3 is 0 Å². The Hall–Kier alpha value is 0. The summed E-state index contributed by atoms with van der Waals surface area (Å²) in [7, 11) is 0. The lowest BCUT2D eigenvalue weighted by molar-refractivity contribution is -0.0453. The monoisotopic (exact) mass is 292 g/mol. The fourth-order valence-corrected chi connectivity index (χ4v) is 6.79. The van der Waals surface area contributed by atoms with Crippen molar-refractivity contribution in [2.24, 2.45) is 40.4 Å². The molecule has 2 aliphatic rings. The Labute approximate surface area is 134 Å². The Morgan fingerprint density at radius 1 is 1.10 bits per heavy atom. The Morgan fingerprint density at radius 3 is 2.29 bits per heavy atom. The summed E-state index contributed by atoms with van der Waals surface area (Å²) in [6, 6.07) is 0. The van der Waals surface area contributed by atoms with Crippen LogP contribution in [0.15, 0.2) is 0 Å². The van der Waals surface area contributed by atoms with E-state index in [9.17, 15) is 0 Å². The Morgan fingerprint density at radius 2 is 1.76 bits per heavy atom. The summed E-state index contributed by atoms with van der Waals surface area (Å²) in [4.78, 5) is 0. The van der Waals surface area contributed by atoms with Crippen molar-refractivity contribution in [2.75, 3.05) is 0 Å². The lowest BCUT2D eigenvalue weighted by atomic mass is 9.51. The second-order valence-corrected chi connectivity index (χ2v) is 9.50. The maximum absolute atomic E-state index is 2.65. The van der Waals surface area contributed by atoms with E-state index in [2.05, 4.69) is 48.5 Å². The molecule has 2 rings (SSSR count). The molecule has 5 atom stereocenters. The van der Waals surface area contributed by atoms with Gasteiger partial charge in [0.25, 0.3) is 0 Å². The highest BCUT2D eigenvalue weighted by molar-refractivity contribution is 5.04. The summed E-state index contributed by atoms with van der Waals surface area (Å²) < 4.78 is 0. The van der Waals surface area contributed by atoms with Crippen LogP contribution >= 0.6 is 0 Å². The van der Waals surface area contributed by atoms with Crippen LogP contribution < -0.4 is 0 Å². The smallest absolute Gasteiger partial charge is 0.0264 e. The van der Waals surface area contributed by atoms with Gasteiger partial charge in [-0.3, -0.25) is 0 Å². The van der Waals surface area contributed by atoms with Crippen LogP contribution in [0.3, 0.4) is 0 Å². The summed E-state index contributed by atoms with van der Waals surface area (Å²) in [5.41, 5.74) is 1.19. The van der Waals surface area contributed by atoms with Gasteiger partial charge in [0.15, 0.2) is 0 Å². The molecular weight excluding hydrogens is 252 g/mol. The average molecular weight is 293 g/mol. The minimum Gasteiger partial charge on any atom is -0.0654 e. The molecule has 0 N–H and O–H groups in total. The van der Waals surface area contributed by atoms with Crippen LogP contribution in [0, 0.1) is 40.4 Å². The Bertz CT molecular complexity index is 340. The molecule has 0 aromatic rings. The van der Waals surface area contributed by atoms with Gasteiger partial charge in [-0.05, 0) is 72.5 Å². The Balaban J connectivity index is 2.24. The molecule has 0 radical (unpaired) electrons. The van der Waals surface area contributed by atoms with Crippen molar-refractivity contribution < 1.29 is 0 Å². The van der Waals surface area contributed by atoms with Gasteiger partial charge in [-0.15, -0.1) is 0 Å². The highest BCUT2D eigenvalue weighted by Gasteiger charge is 2.55. The van der Waals surface area contributed by atoms with Crippen LogP contribution in [-0.4, -0.2) is 0 Å². The molecule has 0 bridgehead atoms. The molecule has 2 fully saturated rings. The SMILES string of the molecule is CCCC(C)(C)C1CCC2(C)C(C(C)C)CCC2C1CC. The number of fused-ring (bicyclic) bond motifs is 1. The maximum Gasteiger partial charge on any atom is -0.0264 e. The van der Waals surface area contributed by atoms with Gasteiger partial charge in [-0.2, -0.15) is 0 Å². The lowest BCUT2D eigenvalue weighted by Gasteiger charge is -2.53. The van der Waals surface area contributed by atoms with E-state index >= 15 is 0 Å². The summed E-state index contributed by atoms with van der Waals surface area (Å²) >= 11 is 0. The largest absolute Gasteiger partial charge is 0.0654 e. The first kappa shape index (κ1) is 17.4. The number of hydrogen-bond acceptors (Lipinski definition) is 0. The third kappa shape index (κ3) is 2.93. The first-order valence-electron chi connectivity index (χ1n) is 9.78. The standard InChI is InChI=1S/C21H40/c1-8-13-20(5,6)18-12-14-21(7)17(15(3)4)10-11-19(21)16(18)9-2/h15-19H,8-14H2,1-7H3. The van der Waals surface area contributed by atoms with Crippen LogP contribution in [0.25, 0.3) is 0 Å². The average Bonchev–Trinajstić information content (AvgIpc) is 2.74. The third-order valence-electron chi connectivity index (χ3n) is 7.68. The van der Waals surface area contributed by atoms with Gasteiger partial charge < -0.3 is 0 Å². The van der Waals surface area contributed by atoms with Crippen molar-refractivity contribution >= 4 is 0 Å². The van der Waals surface area contributed by atoms with Crippen LogP contribution in [0.1, 0.15) is 93.4 Å². The molecule has 0 heterocycles. The molecule has 0 saturated heterocycles. The first-order chi connectivity index (χ1) is 9.78. The first-order valence-corrected chi connectivity index (χ1v) is 9.78. The van der Waals surface area contributed by atoms with Crippen molar-refractivity contribution in [3.05, 3.63) is 0 Å². The van der Waals surface area contributed by atoms with Gasteiger partial charge in [0.2, 0.25) is 0 Å². The van der Waals surface area contributed by atoms with Crippen molar-refractivity contribution in [3.8, 4) is 0 Å². The molecule has 124 valence electrons. The van der Waals surface area contributed by atoms with E-state index < -0.39 is 0 Å². The molecule has 2 aliphatic carbocycles. The molecule has 0 aliphatic heterocycles. The van der Waals surface area contributed by atoms with E-state index in [1.54, 1.807) is 0 Å². The minimum atomic E-state index is 0.548.